The van der Waals surface area contributed by atoms with Gasteiger partial charge in [0.05, 0.1) is 38.4 Å². The van der Waals surface area contributed by atoms with Crippen molar-refractivity contribution in [3.8, 4) is 11.5 Å². The van der Waals surface area contributed by atoms with Crippen LogP contribution in [0, 0.1) is 0 Å². The summed E-state index contributed by atoms with van der Waals surface area (Å²) in [7, 11) is 3.26. The molecule has 12 nitrogen and oxygen atoms in total. The highest BCUT2D eigenvalue weighted by Gasteiger charge is 2.21. The van der Waals surface area contributed by atoms with E-state index in [9.17, 15) is 9.90 Å². The highest BCUT2D eigenvalue weighted by Crippen LogP contribution is 2.35. The van der Waals surface area contributed by atoms with E-state index >= 15 is 0 Å². The van der Waals surface area contributed by atoms with Crippen LogP contribution in [0.2, 0.25) is 5.02 Å². The lowest BCUT2D eigenvalue weighted by Crippen LogP contribution is -2.48. The molecule has 230 valence electrons. The molecular formula is C30H39ClN8O4. The number of aromatic nitrogens is 2. The van der Waals surface area contributed by atoms with E-state index in [1.165, 1.54) is 0 Å². The minimum atomic E-state index is 0.105. The lowest BCUT2D eigenvalue weighted by Gasteiger charge is -2.36. The molecule has 2 aliphatic rings. The number of benzene rings is 2. The third-order valence-electron chi connectivity index (χ3n) is 7.86. The lowest BCUT2D eigenvalue weighted by molar-refractivity contribution is -0.129. The normalized spacial score (nSPS) is 15.8. The van der Waals surface area contributed by atoms with Gasteiger partial charge in [-0.2, -0.15) is 4.98 Å². The first-order valence-corrected chi connectivity index (χ1v) is 14.8. The molecule has 0 spiro atoms. The van der Waals surface area contributed by atoms with Crippen molar-refractivity contribution < 1.29 is 19.4 Å². The number of hydrogen-bond donors (Lipinski definition) is 3. The molecule has 1 aromatic heterocycles. The maximum Gasteiger partial charge on any atom is 0.229 e. The van der Waals surface area contributed by atoms with Gasteiger partial charge in [-0.25, -0.2) is 4.98 Å². The van der Waals surface area contributed by atoms with E-state index in [0.717, 1.165) is 56.3 Å². The molecule has 0 bridgehead atoms. The second-order valence-corrected chi connectivity index (χ2v) is 10.9. The molecule has 0 aliphatic carbocycles. The van der Waals surface area contributed by atoms with Crippen LogP contribution in [0.1, 0.15) is 6.92 Å². The number of carbonyl (C=O) groups excluding carboxylic acids is 1. The van der Waals surface area contributed by atoms with Gasteiger partial charge in [0.15, 0.2) is 5.82 Å². The lowest BCUT2D eigenvalue weighted by atomic mass is 10.2. The van der Waals surface area contributed by atoms with Crippen molar-refractivity contribution in [3.63, 3.8) is 0 Å². The van der Waals surface area contributed by atoms with E-state index in [0.29, 0.717) is 53.6 Å². The fraction of sp³-hybridized carbons (Fsp3) is 0.433. The van der Waals surface area contributed by atoms with Crippen LogP contribution in [0.3, 0.4) is 0 Å². The van der Waals surface area contributed by atoms with E-state index in [4.69, 9.17) is 21.1 Å². The molecule has 0 unspecified atom stereocenters. The highest BCUT2D eigenvalue weighted by molar-refractivity contribution is 6.33. The van der Waals surface area contributed by atoms with Crippen molar-refractivity contribution in [2.75, 3.05) is 100 Å². The number of aliphatic hydroxyl groups excluding tert-OH is 1. The predicted molar refractivity (Wildman–Crippen MR) is 170 cm³/mol. The molecule has 2 aliphatic heterocycles. The van der Waals surface area contributed by atoms with Gasteiger partial charge >= 0.3 is 0 Å². The molecule has 2 saturated heterocycles. The smallest absolute Gasteiger partial charge is 0.229 e. The molecule has 2 fully saturated rings. The Hall–Kier alpha value is -4.00. The molecule has 0 radical (unpaired) electrons. The summed E-state index contributed by atoms with van der Waals surface area (Å²) in [6.45, 7) is 8.97. The molecule has 1 amide bonds. The molecule has 0 saturated carbocycles. The average molecular weight is 611 g/mol. The summed E-state index contributed by atoms with van der Waals surface area (Å²) in [5, 5.41) is 16.1. The number of piperazine rings is 2. The second kappa shape index (κ2) is 14.0. The zero-order chi connectivity index (χ0) is 30.3. The number of halogens is 1. The molecule has 43 heavy (non-hydrogen) atoms. The number of hydrogen-bond acceptors (Lipinski definition) is 11. The van der Waals surface area contributed by atoms with Gasteiger partial charge in [0.2, 0.25) is 11.9 Å². The minimum Gasteiger partial charge on any atom is -0.494 e. The van der Waals surface area contributed by atoms with E-state index in [2.05, 4.69) is 35.3 Å². The van der Waals surface area contributed by atoms with Crippen molar-refractivity contribution in [1.82, 2.24) is 19.8 Å². The van der Waals surface area contributed by atoms with E-state index < -0.39 is 0 Å². The average Bonchev–Trinajstić information content (AvgIpc) is 3.03. The van der Waals surface area contributed by atoms with Crippen LogP contribution in [0.4, 0.5) is 34.5 Å². The van der Waals surface area contributed by atoms with Crippen LogP contribution in [-0.2, 0) is 4.79 Å². The van der Waals surface area contributed by atoms with Gasteiger partial charge in [-0.3, -0.25) is 9.69 Å². The number of methoxy groups -OCH3 is 2. The van der Waals surface area contributed by atoms with Gasteiger partial charge in [0.25, 0.3) is 0 Å². The maximum atomic E-state index is 11.7. The Morgan fingerprint density at radius 1 is 0.884 bits per heavy atom. The molecule has 3 aromatic rings. The third-order valence-corrected chi connectivity index (χ3v) is 8.13. The van der Waals surface area contributed by atoms with Crippen molar-refractivity contribution in [1.29, 1.82) is 0 Å². The molecule has 2 aromatic carbocycles. The fourth-order valence-corrected chi connectivity index (χ4v) is 5.51. The molecule has 0 atom stereocenters. The number of anilines is 6. The molecule has 3 heterocycles. The first-order valence-electron chi connectivity index (χ1n) is 14.4. The van der Waals surface area contributed by atoms with Crippen LogP contribution in [0.5, 0.6) is 11.5 Å². The van der Waals surface area contributed by atoms with Crippen LogP contribution >= 0.6 is 11.6 Å². The zero-order valence-electron chi connectivity index (χ0n) is 24.8. The summed E-state index contributed by atoms with van der Waals surface area (Å²) in [6, 6.07) is 11.9. The summed E-state index contributed by atoms with van der Waals surface area (Å²) < 4.78 is 11.4. The topological polar surface area (TPSA) is 119 Å². The number of nitrogens with zero attached hydrogens (tertiary/aromatic N) is 6. The van der Waals surface area contributed by atoms with Crippen molar-refractivity contribution >= 4 is 52.0 Å². The van der Waals surface area contributed by atoms with Gasteiger partial charge in [0, 0.05) is 89.3 Å². The van der Waals surface area contributed by atoms with E-state index in [-0.39, 0.29) is 12.5 Å². The van der Waals surface area contributed by atoms with E-state index in [1.807, 2.05) is 41.3 Å². The third kappa shape index (κ3) is 7.32. The number of aliphatic hydroxyl groups is 1. The maximum absolute atomic E-state index is 11.7. The van der Waals surface area contributed by atoms with Gasteiger partial charge in [-0.1, -0.05) is 11.6 Å². The summed E-state index contributed by atoms with van der Waals surface area (Å²) in [5.41, 5.74) is 3.53. The number of nitrogens with one attached hydrogen (secondary N) is 2. The number of ether oxygens (including phenoxy) is 2. The Bertz CT molecular complexity index is 1410. The Morgan fingerprint density at radius 3 is 1.98 bits per heavy atom. The molecule has 3 N–H and O–H groups in total. The number of amides is 1. The highest BCUT2D eigenvalue weighted by atomic mass is 35.5. The Kier molecular flexibility index (Phi) is 9.90. The molecular weight excluding hydrogens is 572 g/mol. The number of carbonyl (C=O) groups is 1. The van der Waals surface area contributed by atoms with Crippen LogP contribution in [0.15, 0.2) is 42.6 Å². The van der Waals surface area contributed by atoms with Gasteiger partial charge in [-0.05, 0) is 24.3 Å². The molecule has 13 heteroatoms. The monoisotopic (exact) mass is 610 g/mol. The quantitative estimate of drug-likeness (QED) is 0.313. The van der Waals surface area contributed by atoms with Crippen molar-refractivity contribution in [2.45, 2.75) is 6.92 Å². The Labute approximate surface area is 257 Å². The summed E-state index contributed by atoms with van der Waals surface area (Å²) in [5.74, 6) is 2.20. The number of β-amino-alcohol motifs (C(OH)–C–C–N with tert-alkyl or cyclic N) is 1. The first kappa shape index (κ1) is 30.5. The second-order valence-electron chi connectivity index (χ2n) is 10.5. The molecule has 5 rings (SSSR count). The zero-order valence-corrected chi connectivity index (χ0v) is 25.6. The van der Waals surface area contributed by atoms with Crippen LogP contribution in [-0.4, -0.2) is 111 Å². The largest absolute Gasteiger partial charge is 0.494 e. The van der Waals surface area contributed by atoms with Gasteiger partial charge in [0.1, 0.15) is 16.5 Å². The SMILES string of the molecule is COc1cc(N2CCN(C(C)=O)CC2)ccc1Nc1ncc(Cl)c(Nc2ccc(N3CCN(CCO)CC3)cc2OC)n1. The van der Waals surface area contributed by atoms with Crippen LogP contribution < -0.4 is 29.9 Å². The Balaban J connectivity index is 1.28. The van der Waals surface area contributed by atoms with E-state index in [1.54, 1.807) is 27.3 Å². The van der Waals surface area contributed by atoms with Crippen molar-refractivity contribution in [3.05, 3.63) is 47.6 Å². The van der Waals surface area contributed by atoms with Crippen LogP contribution in [0.25, 0.3) is 0 Å². The van der Waals surface area contributed by atoms with Gasteiger partial charge < -0.3 is 39.9 Å². The summed E-state index contributed by atoms with van der Waals surface area (Å²) >= 11 is 6.49. The van der Waals surface area contributed by atoms with Crippen molar-refractivity contribution in [2.24, 2.45) is 0 Å². The standard InChI is InChI=1S/C30H39ClN8O4/c1-21(41)37-12-14-39(15-13-37)23-5-7-26(28(19-23)43-3)34-30-32-20-24(31)29(35-30)33-25-6-4-22(18-27(25)42-2)38-10-8-36(9-11-38)16-17-40/h4-7,18-20,40H,8-17H2,1-3H3,(H2,32,33,34,35). The number of rotatable bonds is 10. The predicted octanol–water partition coefficient (Wildman–Crippen LogP) is 3.42. The Morgan fingerprint density at radius 2 is 1.44 bits per heavy atom. The summed E-state index contributed by atoms with van der Waals surface area (Å²) in [4.78, 5) is 29.3. The summed E-state index contributed by atoms with van der Waals surface area (Å²) in [6.07, 6.45) is 1.54. The minimum absolute atomic E-state index is 0.105. The first-order chi connectivity index (χ1) is 20.9. The fourth-order valence-electron chi connectivity index (χ4n) is 5.37. The van der Waals surface area contributed by atoms with Gasteiger partial charge in [-0.15, -0.1) is 0 Å².